The van der Waals surface area contributed by atoms with Crippen molar-refractivity contribution in [3.05, 3.63) is 59.2 Å². The number of rotatable bonds is 3. The van der Waals surface area contributed by atoms with Crippen LogP contribution in [0.1, 0.15) is 22.7 Å². The first-order chi connectivity index (χ1) is 11.5. The lowest BCUT2D eigenvalue weighted by molar-refractivity contribution is -0.130. The number of amides is 2. The molecule has 1 aliphatic rings. The van der Waals surface area contributed by atoms with Crippen molar-refractivity contribution in [2.45, 2.75) is 19.8 Å². The molecule has 0 bridgehead atoms. The summed E-state index contributed by atoms with van der Waals surface area (Å²) in [7, 11) is 0. The van der Waals surface area contributed by atoms with Gasteiger partial charge in [-0.3, -0.25) is 14.6 Å². The maximum Gasteiger partial charge on any atom is 0.237 e. The second-order valence-corrected chi connectivity index (χ2v) is 5.99. The van der Waals surface area contributed by atoms with Gasteiger partial charge in [0.1, 0.15) is 11.7 Å². The predicted molar refractivity (Wildman–Crippen MR) is 88.0 cm³/mol. The van der Waals surface area contributed by atoms with Gasteiger partial charge in [0.05, 0.1) is 5.69 Å². The van der Waals surface area contributed by atoms with Crippen molar-refractivity contribution in [2.24, 2.45) is 5.92 Å². The minimum atomic E-state index is -0.908. The van der Waals surface area contributed by atoms with Crippen LogP contribution in [0.3, 0.4) is 0 Å². The monoisotopic (exact) mass is 327 g/mol. The number of carbonyl (C=O) groups excluding carboxylic acids is 2. The van der Waals surface area contributed by atoms with E-state index in [4.69, 9.17) is 0 Å². The van der Waals surface area contributed by atoms with Crippen LogP contribution in [0.15, 0.2) is 36.5 Å². The molecule has 0 spiro atoms. The number of nitrogens with one attached hydrogen (secondary N) is 2. The van der Waals surface area contributed by atoms with E-state index in [-0.39, 0.29) is 17.5 Å². The highest BCUT2D eigenvalue weighted by Gasteiger charge is 2.41. The lowest BCUT2D eigenvalue weighted by atomic mass is 9.88. The Labute approximate surface area is 139 Å². The second kappa shape index (κ2) is 6.39. The topological polar surface area (TPSA) is 71.1 Å². The molecular formula is C18H18FN3O2. The van der Waals surface area contributed by atoms with E-state index in [0.29, 0.717) is 12.1 Å². The number of hydrogen-bond donors (Lipinski definition) is 2. The largest absolute Gasteiger partial charge is 0.355 e. The number of halogens is 1. The third-order valence-corrected chi connectivity index (χ3v) is 4.28. The van der Waals surface area contributed by atoms with Crippen molar-refractivity contribution >= 4 is 17.5 Å². The van der Waals surface area contributed by atoms with Gasteiger partial charge in [0, 0.05) is 24.4 Å². The highest BCUT2D eigenvalue weighted by Crippen LogP contribution is 2.30. The van der Waals surface area contributed by atoms with E-state index in [1.165, 1.54) is 6.07 Å². The molecule has 1 aromatic heterocycles. The van der Waals surface area contributed by atoms with Gasteiger partial charge in [-0.15, -0.1) is 0 Å². The van der Waals surface area contributed by atoms with Crippen LogP contribution >= 0.6 is 0 Å². The summed E-state index contributed by atoms with van der Waals surface area (Å²) in [6.07, 6.45) is 1.67. The minimum Gasteiger partial charge on any atom is -0.355 e. The van der Waals surface area contributed by atoms with E-state index in [1.54, 1.807) is 25.3 Å². The molecule has 1 saturated heterocycles. The molecule has 5 nitrogen and oxygen atoms in total. The SMILES string of the molecule is Cc1ccc(C2CNC(=O)C2C(=O)Nc2cccc(C)c2F)cn1. The summed E-state index contributed by atoms with van der Waals surface area (Å²) in [6.45, 7) is 3.85. The molecule has 0 saturated carbocycles. The molecule has 6 heteroatoms. The predicted octanol–water partition coefficient (Wildman–Crippen LogP) is 2.31. The Kier molecular flexibility index (Phi) is 4.29. The average molecular weight is 327 g/mol. The zero-order valence-corrected chi connectivity index (χ0v) is 13.5. The molecule has 124 valence electrons. The molecule has 2 N–H and O–H groups in total. The van der Waals surface area contributed by atoms with Crippen LogP contribution in [0.5, 0.6) is 0 Å². The standard InChI is InChI=1S/C18H18FN3O2/c1-10-4-3-5-14(16(10)19)22-18(24)15-13(9-21-17(15)23)12-7-6-11(2)20-8-12/h3-8,13,15H,9H2,1-2H3,(H,21,23)(H,22,24). The lowest BCUT2D eigenvalue weighted by Crippen LogP contribution is -2.32. The van der Waals surface area contributed by atoms with E-state index in [2.05, 4.69) is 15.6 Å². The van der Waals surface area contributed by atoms with Gasteiger partial charge in [-0.25, -0.2) is 4.39 Å². The first-order valence-corrected chi connectivity index (χ1v) is 7.73. The maximum absolute atomic E-state index is 14.1. The van der Waals surface area contributed by atoms with Crippen LogP contribution < -0.4 is 10.6 Å². The summed E-state index contributed by atoms with van der Waals surface area (Å²) in [4.78, 5) is 28.9. The van der Waals surface area contributed by atoms with Crippen LogP contribution in [-0.2, 0) is 9.59 Å². The van der Waals surface area contributed by atoms with Crippen molar-refractivity contribution in [2.75, 3.05) is 11.9 Å². The Balaban J connectivity index is 1.85. The zero-order chi connectivity index (χ0) is 17.3. The molecule has 3 rings (SSSR count). The normalized spacial score (nSPS) is 19.9. The Morgan fingerprint density at radius 1 is 1.29 bits per heavy atom. The fourth-order valence-electron chi connectivity index (χ4n) is 2.89. The molecule has 2 aromatic rings. The fourth-order valence-corrected chi connectivity index (χ4v) is 2.89. The highest BCUT2D eigenvalue weighted by molar-refractivity contribution is 6.08. The number of hydrogen-bond acceptors (Lipinski definition) is 3. The van der Waals surface area contributed by atoms with Crippen LogP contribution in [-0.4, -0.2) is 23.3 Å². The zero-order valence-electron chi connectivity index (χ0n) is 13.5. The van der Waals surface area contributed by atoms with E-state index >= 15 is 0 Å². The van der Waals surface area contributed by atoms with E-state index in [9.17, 15) is 14.0 Å². The maximum atomic E-state index is 14.1. The average Bonchev–Trinajstić information content (AvgIpc) is 2.94. The fraction of sp³-hybridized carbons (Fsp3) is 0.278. The number of pyridine rings is 1. The van der Waals surface area contributed by atoms with Gasteiger partial charge in [0.2, 0.25) is 11.8 Å². The first kappa shape index (κ1) is 16.1. The van der Waals surface area contributed by atoms with Crippen molar-refractivity contribution < 1.29 is 14.0 Å². The van der Waals surface area contributed by atoms with Crippen LogP contribution in [0.4, 0.5) is 10.1 Å². The number of benzene rings is 1. The summed E-state index contributed by atoms with van der Waals surface area (Å²) >= 11 is 0. The Morgan fingerprint density at radius 3 is 2.79 bits per heavy atom. The number of anilines is 1. The van der Waals surface area contributed by atoms with Gasteiger partial charge in [-0.1, -0.05) is 18.2 Å². The third kappa shape index (κ3) is 2.99. The van der Waals surface area contributed by atoms with Crippen molar-refractivity contribution in [3.63, 3.8) is 0 Å². The van der Waals surface area contributed by atoms with E-state index in [1.807, 2.05) is 19.1 Å². The molecule has 24 heavy (non-hydrogen) atoms. The molecular weight excluding hydrogens is 309 g/mol. The van der Waals surface area contributed by atoms with Crippen molar-refractivity contribution in [1.29, 1.82) is 0 Å². The summed E-state index contributed by atoms with van der Waals surface area (Å²) in [5.41, 5.74) is 2.19. The summed E-state index contributed by atoms with van der Waals surface area (Å²) in [5.74, 6) is -2.59. The van der Waals surface area contributed by atoms with Gasteiger partial charge < -0.3 is 10.6 Å². The molecule has 2 amide bonds. The summed E-state index contributed by atoms with van der Waals surface area (Å²) in [6, 6.07) is 8.46. The van der Waals surface area contributed by atoms with Gasteiger partial charge >= 0.3 is 0 Å². The quantitative estimate of drug-likeness (QED) is 0.850. The summed E-state index contributed by atoms with van der Waals surface area (Å²) < 4.78 is 14.1. The molecule has 0 radical (unpaired) electrons. The van der Waals surface area contributed by atoms with Crippen LogP contribution in [0.2, 0.25) is 0 Å². The molecule has 2 heterocycles. The Morgan fingerprint density at radius 2 is 2.08 bits per heavy atom. The second-order valence-electron chi connectivity index (χ2n) is 5.99. The van der Waals surface area contributed by atoms with Crippen LogP contribution in [0.25, 0.3) is 0 Å². The van der Waals surface area contributed by atoms with Crippen molar-refractivity contribution in [3.8, 4) is 0 Å². The minimum absolute atomic E-state index is 0.0838. The number of nitrogens with zero attached hydrogens (tertiary/aromatic N) is 1. The summed E-state index contributed by atoms with van der Waals surface area (Å²) in [5, 5.41) is 5.24. The lowest BCUT2D eigenvalue weighted by Gasteiger charge is -2.17. The number of carbonyl (C=O) groups is 2. The van der Waals surface area contributed by atoms with E-state index in [0.717, 1.165) is 11.3 Å². The van der Waals surface area contributed by atoms with Gasteiger partial charge in [-0.05, 0) is 37.1 Å². The smallest absolute Gasteiger partial charge is 0.237 e. The molecule has 1 aliphatic heterocycles. The Hall–Kier alpha value is -2.76. The van der Waals surface area contributed by atoms with Gasteiger partial charge in [0.15, 0.2) is 0 Å². The highest BCUT2D eigenvalue weighted by atomic mass is 19.1. The first-order valence-electron chi connectivity index (χ1n) is 7.73. The Bertz CT molecular complexity index is 789. The van der Waals surface area contributed by atoms with E-state index < -0.39 is 17.6 Å². The molecule has 1 fully saturated rings. The van der Waals surface area contributed by atoms with Crippen molar-refractivity contribution in [1.82, 2.24) is 10.3 Å². The molecule has 0 aliphatic carbocycles. The number of aryl methyl sites for hydroxylation is 2. The molecule has 2 atom stereocenters. The van der Waals surface area contributed by atoms with Crippen LogP contribution in [0, 0.1) is 25.6 Å². The molecule has 2 unspecified atom stereocenters. The third-order valence-electron chi connectivity index (χ3n) is 4.28. The van der Waals surface area contributed by atoms with Gasteiger partial charge in [-0.2, -0.15) is 0 Å². The van der Waals surface area contributed by atoms with Gasteiger partial charge in [0.25, 0.3) is 0 Å². The number of aromatic nitrogens is 1. The molecule has 1 aromatic carbocycles.